The fraction of sp³-hybridized carbons (Fsp3) is 0.571. The Hall–Kier alpha value is -0.570. The molecule has 0 radical (unpaired) electrons. The Morgan fingerprint density at radius 2 is 2.10 bits per heavy atom. The molecule has 0 aromatic carbocycles. The SMILES string of the molecule is CC(C)(C)c1nscc1O. The first-order valence-corrected chi connectivity index (χ1v) is 3.99. The molecule has 0 unspecified atom stereocenters. The summed E-state index contributed by atoms with van der Waals surface area (Å²) in [6, 6.07) is 0. The van der Waals surface area contributed by atoms with Gasteiger partial charge in [0.05, 0.1) is 5.38 Å². The highest BCUT2D eigenvalue weighted by Crippen LogP contribution is 2.29. The van der Waals surface area contributed by atoms with E-state index in [1.165, 1.54) is 11.5 Å². The van der Waals surface area contributed by atoms with Crippen molar-refractivity contribution in [1.82, 2.24) is 4.37 Å². The minimum Gasteiger partial charge on any atom is -0.505 e. The van der Waals surface area contributed by atoms with Crippen molar-refractivity contribution in [2.75, 3.05) is 0 Å². The van der Waals surface area contributed by atoms with Gasteiger partial charge in [0.15, 0.2) is 0 Å². The molecule has 0 bridgehead atoms. The van der Waals surface area contributed by atoms with Gasteiger partial charge in [-0.3, -0.25) is 0 Å². The van der Waals surface area contributed by atoms with Gasteiger partial charge in [0.2, 0.25) is 0 Å². The fourth-order valence-electron chi connectivity index (χ4n) is 0.753. The number of aromatic hydroxyl groups is 1. The van der Waals surface area contributed by atoms with Crippen LogP contribution in [0.5, 0.6) is 5.75 Å². The zero-order valence-corrected chi connectivity index (χ0v) is 7.20. The van der Waals surface area contributed by atoms with E-state index < -0.39 is 0 Å². The van der Waals surface area contributed by atoms with Crippen molar-refractivity contribution in [3.05, 3.63) is 11.1 Å². The van der Waals surface area contributed by atoms with Crippen LogP contribution in [-0.4, -0.2) is 9.48 Å². The normalized spacial score (nSPS) is 11.9. The van der Waals surface area contributed by atoms with Gasteiger partial charge in [-0.25, -0.2) is 0 Å². The minimum absolute atomic E-state index is 0.0376. The number of hydrogen-bond acceptors (Lipinski definition) is 3. The summed E-state index contributed by atoms with van der Waals surface area (Å²) in [6.07, 6.45) is 0. The van der Waals surface area contributed by atoms with Crippen molar-refractivity contribution in [3.63, 3.8) is 0 Å². The van der Waals surface area contributed by atoms with E-state index in [1.807, 2.05) is 20.8 Å². The van der Waals surface area contributed by atoms with E-state index in [1.54, 1.807) is 5.38 Å². The Labute approximate surface area is 64.7 Å². The average Bonchev–Trinajstić information content (AvgIpc) is 2.11. The zero-order valence-electron chi connectivity index (χ0n) is 6.38. The maximum Gasteiger partial charge on any atom is 0.150 e. The standard InChI is InChI=1S/C7H11NOS/c1-7(2,3)6-5(9)4-10-8-6/h4,9H,1-3H3. The maximum atomic E-state index is 9.23. The van der Waals surface area contributed by atoms with Crippen LogP contribution in [0.1, 0.15) is 26.5 Å². The van der Waals surface area contributed by atoms with Crippen molar-refractivity contribution < 1.29 is 5.11 Å². The van der Waals surface area contributed by atoms with Gasteiger partial charge >= 0.3 is 0 Å². The Bertz CT molecular complexity index is 224. The van der Waals surface area contributed by atoms with Crippen LogP contribution >= 0.6 is 11.5 Å². The molecule has 0 amide bonds. The average molecular weight is 157 g/mol. The molecule has 0 aliphatic carbocycles. The van der Waals surface area contributed by atoms with Gasteiger partial charge < -0.3 is 5.11 Å². The van der Waals surface area contributed by atoms with E-state index >= 15 is 0 Å². The second-order valence-electron chi connectivity index (χ2n) is 3.30. The molecular formula is C7H11NOS. The third-order valence-corrected chi connectivity index (χ3v) is 1.88. The van der Waals surface area contributed by atoms with Gasteiger partial charge in [0.1, 0.15) is 11.4 Å². The molecule has 56 valence electrons. The van der Waals surface area contributed by atoms with Crippen LogP contribution in [-0.2, 0) is 5.41 Å². The van der Waals surface area contributed by atoms with Crippen LogP contribution in [0.2, 0.25) is 0 Å². The molecule has 0 saturated carbocycles. The van der Waals surface area contributed by atoms with E-state index in [9.17, 15) is 5.11 Å². The Morgan fingerprint density at radius 3 is 2.30 bits per heavy atom. The Morgan fingerprint density at radius 1 is 1.50 bits per heavy atom. The maximum absolute atomic E-state index is 9.23. The summed E-state index contributed by atoms with van der Waals surface area (Å²) >= 11 is 1.29. The molecule has 0 spiro atoms. The highest BCUT2D eigenvalue weighted by molar-refractivity contribution is 7.03. The topological polar surface area (TPSA) is 33.1 Å². The quantitative estimate of drug-likeness (QED) is 0.626. The summed E-state index contributed by atoms with van der Waals surface area (Å²) in [5.41, 5.74) is 0.752. The van der Waals surface area contributed by atoms with E-state index in [0.717, 1.165) is 5.69 Å². The van der Waals surface area contributed by atoms with Gasteiger partial charge in [-0.1, -0.05) is 20.8 Å². The molecule has 0 fully saturated rings. The summed E-state index contributed by atoms with van der Waals surface area (Å²) in [5, 5.41) is 10.9. The molecule has 1 heterocycles. The Kier molecular flexibility index (Phi) is 1.68. The number of aromatic nitrogens is 1. The van der Waals surface area contributed by atoms with E-state index in [0.29, 0.717) is 5.75 Å². The van der Waals surface area contributed by atoms with Crippen molar-refractivity contribution in [2.24, 2.45) is 0 Å². The molecule has 1 rings (SSSR count). The predicted octanol–water partition coefficient (Wildman–Crippen LogP) is 2.15. The van der Waals surface area contributed by atoms with Crippen LogP contribution in [0.4, 0.5) is 0 Å². The molecule has 1 N–H and O–H groups in total. The molecular weight excluding hydrogens is 146 g/mol. The highest BCUT2D eigenvalue weighted by atomic mass is 32.1. The molecule has 0 aliphatic rings. The van der Waals surface area contributed by atoms with Crippen molar-refractivity contribution in [2.45, 2.75) is 26.2 Å². The lowest BCUT2D eigenvalue weighted by molar-refractivity contribution is 0.444. The van der Waals surface area contributed by atoms with E-state index in [2.05, 4.69) is 4.37 Å². The van der Waals surface area contributed by atoms with Gasteiger partial charge in [0, 0.05) is 5.41 Å². The summed E-state index contributed by atoms with van der Waals surface area (Å²) in [6.45, 7) is 6.09. The van der Waals surface area contributed by atoms with Gasteiger partial charge in [-0.2, -0.15) is 4.37 Å². The van der Waals surface area contributed by atoms with Crippen molar-refractivity contribution in [3.8, 4) is 5.75 Å². The molecule has 1 aromatic heterocycles. The first-order chi connectivity index (χ1) is 4.52. The van der Waals surface area contributed by atoms with Gasteiger partial charge in [-0.15, -0.1) is 0 Å². The summed E-state index contributed by atoms with van der Waals surface area (Å²) < 4.78 is 4.08. The third-order valence-electron chi connectivity index (χ3n) is 1.26. The van der Waals surface area contributed by atoms with Crippen LogP contribution in [0.3, 0.4) is 0 Å². The Balaban J connectivity index is 3.05. The lowest BCUT2D eigenvalue weighted by Crippen LogP contribution is -2.11. The zero-order chi connectivity index (χ0) is 7.78. The first kappa shape index (κ1) is 7.54. The number of hydrogen-bond donors (Lipinski definition) is 1. The van der Waals surface area contributed by atoms with Crippen LogP contribution < -0.4 is 0 Å². The second kappa shape index (κ2) is 2.23. The van der Waals surface area contributed by atoms with Crippen LogP contribution in [0, 0.1) is 0 Å². The summed E-state index contributed by atoms with van der Waals surface area (Å²) in [4.78, 5) is 0. The predicted molar refractivity (Wildman–Crippen MR) is 42.5 cm³/mol. The highest BCUT2D eigenvalue weighted by Gasteiger charge is 2.20. The molecule has 0 atom stereocenters. The molecule has 2 nitrogen and oxygen atoms in total. The summed E-state index contributed by atoms with van der Waals surface area (Å²) in [7, 11) is 0. The van der Waals surface area contributed by atoms with E-state index in [4.69, 9.17) is 0 Å². The largest absolute Gasteiger partial charge is 0.505 e. The molecule has 3 heteroatoms. The van der Waals surface area contributed by atoms with Crippen molar-refractivity contribution in [1.29, 1.82) is 0 Å². The molecule has 0 saturated heterocycles. The van der Waals surface area contributed by atoms with E-state index in [-0.39, 0.29) is 5.41 Å². The molecule has 0 aliphatic heterocycles. The van der Waals surface area contributed by atoms with Crippen molar-refractivity contribution >= 4 is 11.5 Å². The minimum atomic E-state index is -0.0376. The van der Waals surface area contributed by atoms with Gasteiger partial charge in [-0.05, 0) is 11.5 Å². The molecule has 10 heavy (non-hydrogen) atoms. The number of rotatable bonds is 0. The fourth-order valence-corrected chi connectivity index (χ4v) is 1.49. The second-order valence-corrected chi connectivity index (χ2v) is 3.93. The lowest BCUT2D eigenvalue weighted by atomic mass is 9.92. The molecule has 1 aromatic rings. The monoisotopic (exact) mass is 157 g/mol. The lowest BCUT2D eigenvalue weighted by Gasteiger charge is -2.14. The summed E-state index contributed by atoms with van der Waals surface area (Å²) in [5.74, 6) is 0.317. The van der Waals surface area contributed by atoms with Crippen LogP contribution in [0.25, 0.3) is 0 Å². The smallest absolute Gasteiger partial charge is 0.150 e. The third kappa shape index (κ3) is 1.29. The van der Waals surface area contributed by atoms with Crippen LogP contribution in [0.15, 0.2) is 5.38 Å². The van der Waals surface area contributed by atoms with Gasteiger partial charge in [0.25, 0.3) is 0 Å². The first-order valence-electron chi connectivity index (χ1n) is 3.15. The number of nitrogens with zero attached hydrogens (tertiary/aromatic N) is 1.